The highest BCUT2D eigenvalue weighted by atomic mass is 35.5. The van der Waals surface area contributed by atoms with Gasteiger partial charge in [-0.15, -0.1) is 0 Å². The van der Waals surface area contributed by atoms with Gasteiger partial charge in [-0.1, -0.05) is 11.6 Å². The van der Waals surface area contributed by atoms with E-state index in [1.54, 1.807) is 13.0 Å². The first-order valence-corrected chi connectivity index (χ1v) is 9.99. The molecule has 31 heavy (non-hydrogen) atoms. The predicted octanol–water partition coefficient (Wildman–Crippen LogP) is 4.62. The van der Waals surface area contributed by atoms with Crippen LogP contribution in [0.25, 0.3) is 16.6 Å². The number of pyridine rings is 1. The molecule has 0 bridgehead atoms. The number of ether oxygens (including phenoxy) is 1. The van der Waals surface area contributed by atoms with Crippen molar-refractivity contribution in [2.24, 2.45) is 0 Å². The third-order valence-corrected chi connectivity index (χ3v) is 6.32. The molecule has 1 aliphatic heterocycles. The highest BCUT2D eigenvalue weighted by molar-refractivity contribution is 6.33. The molecule has 1 N–H and O–H groups in total. The first-order valence-electron chi connectivity index (χ1n) is 9.62. The number of nitrogens with zero attached hydrogens (tertiary/aromatic N) is 4. The average molecular weight is 457 g/mol. The topological polar surface area (TPSA) is 63.4 Å². The Morgan fingerprint density at radius 1 is 1.26 bits per heavy atom. The first kappa shape index (κ1) is 20.3. The van der Waals surface area contributed by atoms with Gasteiger partial charge in [0, 0.05) is 11.9 Å². The van der Waals surface area contributed by atoms with Crippen LogP contribution >= 0.6 is 11.6 Å². The van der Waals surface area contributed by atoms with Crippen molar-refractivity contribution in [2.75, 3.05) is 24.7 Å². The van der Waals surface area contributed by atoms with Crippen LogP contribution in [0.3, 0.4) is 0 Å². The number of phenols is 1. The van der Waals surface area contributed by atoms with Crippen LogP contribution in [0.4, 0.5) is 23.4 Å². The number of anilines is 1. The molecule has 2 fully saturated rings. The van der Waals surface area contributed by atoms with Gasteiger partial charge in [-0.25, -0.2) is 14.1 Å². The van der Waals surface area contributed by atoms with Gasteiger partial charge in [0.15, 0.2) is 11.6 Å². The summed E-state index contributed by atoms with van der Waals surface area (Å²) in [6, 6.07) is 2.34. The van der Waals surface area contributed by atoms with E-state index in [0.717, 1.165) is 17.5 Å². The van der Waals surface area contributed by atoms with Gasteiger partial charge in [-0.05, 0) is 31.9 Å². The quantitative estimate of drug-likeness (QED) is 0.570. The zero-order chi connectivity index (χ0) is 22.1. The van der Waals surface area contributed by atoms with Crippen molar-refractivity contribution >= 4 is 28.3 Å². The van der Waals surface area contributed by atoms with E-state index in [2.05, 4.69) is 15.0 Å². The Labute approximate surface area is 179 Å². The number of aromatic nitrogens is 3. The molecule has 1 aromatic carbocycles. The fourth-order valence-corrected chi connectivity index (χ4v) is 4.35. The molecule has 6 nitrogen and oxygen atoms in total. The number of halogens is 5. The number of phenolic OH excluding ortho intramolecular Hbond substituents is 1. The second-order valence-electron chi connectivity index (χ2n) is 7.90. The maximum Gasteiger partial charge on any atom is 0.418 e. The van der Waals surface area contributed by atoms with E-state index >= 15 is 0 Å². The van der Waals surface area contributed by atoms with Gasteiger partial charge in [0.1, 0.15) is 11.5 Å². The van der Waals surface area contributed by atoms with Crippen LogP contribution in [0.2, 0.25) is 5.02 Å². The molecule has 1 saturated carbocycles. The predicted molar refractivity (Wildman–Crippen MR) is 105 cm³/mol. The number of hydrogen-bond acceptors (Lipinski definition) is 5. The lowest BCUT2D eigenvalue weighted by atomic mass is 10.1. The number of benzene rings is 1. The minimum absolute atomic E-state index is 0.0570. The summed E-state index contributed by atoms with van der Waals surface area (Å²) in [5.74, 6) is -1.86. The summed E-state index contributed by atoms with van der Waals surface area (Å²) >= 11 is 5.54. The van der Waals surface area contributed by atoms with Gasteiger partial charge >= 0.3 is 6.18 Å². The maximum absolute atomic E-state index is 14.7. The lowest BCUT2D eigenvalue weighted by Gasteiger charge is -2.37. The Kier molecular flexibility index (Phi) is 4.39. The van der Waals surface area contributed by atoms with Gasteiger partial charge in [0.05, 0.1) is 46.7 Å². The van der Waals surface area contributed by atoms with Gasteiger partial charge in [0.2, 0.25) is 0 Å². The van der Waals surface area contributed by atoms with Crippen LogP contribution in [0.15, 0.2) is 18.3 Å². The van der Waals surface area contributed by atoms with Gasteiger partial charge in [-0.3, -0.25) is 0 Å². The van der Waals surface area contributed by atoms with Crippen LogP contribution < -0.4 is 4.90 Å². The van der Waals surface area contributed by atoms with Crippen molar-refractivity contribution < 1.29 is 27.4 Å². The summed E-state index contributed by atoms with van der Waals surface area (Å²) in [6.45, 7) is 3.56. The van der Waals surface area contributed by atoms with Crippen LogP contribution in [0.1, 0.15) is 24.1 Å². The monoisotopic (exact) mass is 456 g/mol. The summed E-state index contributed by atoms with van der Waals surface area (Å²) in [5, 5.41) is 13.6. The lowest BCUT2D eigenvalue weighted by molar-refractivity contribution is -0.137. The molecule has 0 atom stereocenters. The molecule has 2 aromatic heterocycles. The maximum atomic E-state index is 14.7. The molecule has 0 unspecified atom stereocenters. The normalized spacial score (nSPS) is 18.2. The molecule has 164 valence electrons. The van der Waals surface area contributed by atoms with E-state index in [4.69, 9.17) is 16.3 Å². The van der Waals surface area contributed by atoms with Crippen molar-refractivity contribution in [3.8, 4) is 11.4 Å². The zero-order valence-electron chi connectivity index (χ0n) is 16.3. The van der Waals surface area contributed by atoms with Gasteiger partial charge in [-0.2, -0.15) is 18.3 Å². The molecule has 1 saturated heterocycles. The molecule has 3 heterocycles. The zero-order valence-corrected chi connectivity index (χ0v) is 17.1. The number of fused-ring (bicyclic) bond motifs is 1. The van der Waals surface area contributed by atoms with Gasteiger partial charge < -0.3 is 14.7 Å². The van der Waals surface area contributed by atoms with Crippen molar-refractivity contribution in [1.82, 2.24) is 14.8 Å². The lowest BCUT2D eigenvalue weighted by Crippen LogP contribution is -2.48. The van der Waals surface area contributed by atoms with Crippen molar-refractivity contribution in [1.29, 1.82) is 0 Å². The molecule has 1 spiro atoms. The van der Waals surface area contributed by atoms with Crippen LogP contribution in [0.5, 0.6) is 5.75 Å². The molecule has 0 radical (unpaired) electrons. The van der Waals surface area contributed by atoms with Crippen LogP contribution in [0, 0.1) is 12.7 Å². The Morgan fingerprint density at radius 3 is 2.68 bits per heavy atom. The molecular formula is C20H17ClF4N4O2. The SMILES string of the molecule is Cc1nn(-c2cc(C(F)(F)F)c(Cl)c(O)c2F)c2cnc(N3CCOCC34CC4)cc12. The van der Waals surface area contributed by atoms with Crippen molar-refractivity contribution in [3.63, 3.8) is 0 Å². The third kappa shape index (κ3) is 3.11. The molecule has 5 rings (SSSR count). The summed E-state index contributed by atoms with van der Waals surface area (Å²) in [7, 11) is 0. The smallest absolute Gasteiger partial charge is 0.418 e. The Hall–Kier alpha value is -2.59. The van der Waals surface area contributed by atoms with E-state index in [0.29, 0.717) is 48.2 Å². The summed E-state index contributed by atoms with van der Waals surface area (Å²) in [4.78, 5) is 6.67. The molecule has 3 aromatic rings. The highest BCUT2D eigenvalue weighted by Crippen LogP contribution is 2.46. The Bertz CT molecular complexity index is 1210. The fourth-order valence-electron chi connectivity index (χ4n) is 4.10. The minimum Gasteiger partial charge on any atom is -0.504 e. The molecule has 0 amide bonds. The highest BCUT2D eigenvalue weighted by Gasteiger charge is 2.50. The molecule has 11 heteroatoms. The van der Waals surface area contributed by atoms with Gasteiger partial charge in [0.25, 0.3) is 0 Å². The van der Waals surface area contributed by atoms with E-state index < -0.39 is 34.0 Å². The Balaban J connectivity index is 1.65. The van der Waals surface area contributed by atoms with E-state index in [9.17, 15) is 22.7 Å². The summed E-state index contributed by atoms with van der Waals surface area (Å²) < 4.78 is 61.3. The molecule has 2 aliphatic rings. The van der Waals surface area contributed by atoms with Crippen molar-refractivity contribution in [2.45, 2.75) is 31.5 Å². The largest absolute Gasteiger partial charge is 0.504 e. The number of aromatic hydroxyl groups is 1. The van der Waals surface area contributed by atoms with E-state index in [-0.39, 0.29) is 5.54 Å². The average Bonchev–Trinajstić information content (AvgIpc) is 3.41. The second-order valence-corrected chi connectivity index (χ2v) is 8.28. The van der Waals surface area contributed by atoms with E-state index in [1.165, 1.54) is 6.20 Å². The third-order valence-electron chi connectivity index (χ3n) is 5.93. The number of hydrogen-bond donors (Lipinski definition) is 1. The van der Waals surface area contributed by atoms with Crippen molar-refractivity contribution in [3.05, 3.63) is 40.4 Å². The fraction of sp³-hybridized carbons (Fsp3) is 0.400. The number of alkyl halides is 3. The minimum atomic E-state index is -4.88. The number of aryl methyl sites for hydroxylation is 1. The standard InChI is InChI=1S/C20H17ClF4N4O2/c1-10-11-6-15(28-4-5-31-9-19(28)2-3-19)26-8-14(11)29(27-10)13-7-12(20(23,24)25)16(21)18(30)17(13)22/h6-8,30H,2-5,9H2,1H3. The van der Waals surface area contributed by atoms with Crippen LogP contribution in [-0.4, -0.2) is 45.2 Å². The summed E-state index contributed by atoms with van der Waals surface area (Å²) in [5.41, 5.74) is -1.17. The molecule has 1 aliphatic carbocycles. The number of morpholine rings is 1. The van der Waals surface area contributed by atoms with Crippen LogP contribution in [-0.2, 0) is 10.9 Å². The molecular weight excluding hydrogens is 440 g/mol. The van der Waals surface area contributed by atoms with E-state index in [1.807, 2.05) is 0 Å². The number of rotatable bonds is 2. The Morgan fingerprint density at radius 2 is 2.00 bits per heavy atom. The first-order chi connectivity index (χ1) is 14.6. The second kappa shape index (κ2) is 6.70. The summed E-state index contributed by atoms with van der Waals surface area (Å²) in [6.07, 6.45) is -1.43.